The zero-order valence-corrected chi connectivity index (χ0v) is 22.0. The fourth-order valence-electron chi connectivity index (χ4n) is 4.05. The van der Waals surface area contributed by atoms with Crippen LogP contribution in [0.2, 0.25) is 0 Å². The van der Waals surface area contributed by atoms with Crippen LogP contribution in [0.25, 0.3) is 0 Å². The minimum atomic E-state index is -4.21. The normalized spacial score (nSPS) is 12.5. The standard InChI is InChI=1S/C26H28BrNO5S/c1-17-14-24(33-4)18(2)19(3)25(17)34(31,32)28(16-21-12-8-9-13-22(21)27)23(26(29)30)15-20-10-6-5-7-11-20/h5-14,23H,15-16H2,1-4H3,(H,29,30). The van der Waals surface area contributed by atoms with Crippen LogP contribution in [-0.4, -0.2) is 37.0 Å². The molecule has 0 aliphatic rings. The van der Waals surface area contributed by atoms with Gasteiger partial charge in [0.25, 0.3) is 0 Å². The second kappa shape index (κ2) is 10.7. The van der Waals surface area contributed by atoms with Crippen molar-refractivity contribution in [3.63, 3.8) is 0 Å². The van der Waals surface area contributed by atoms with Crippen molar-refractivity contribution in [2.45, 2.75) is 44.7 Å². The molecule has 0 saturated heterocycles. The Morgan fingerprint density at radius 1 is 1.03 bits per heavy atom. The maximum atomic E-state index is 14.2. The summed E-state index contributed by atoms with van der Waals surface area (Å²) in [5.74, 6) is -0.620. The van der Waals surface area contributed by atoms with E-state index in [9.17, 15) is 18.3 Å². The predicted molar refractivity (Wildman–Crippen MR) is 136 cm³/mol. The Balaban J connectivity index is 2.21. The minimum absolute atomic E-state index is 0.0348. The number of carbonyl (C=O) groups is 1. The predicted octanol–water partition coefficient (Wildman–Crippen LogP) is 5.27. The Kier molecular flexibility index (Phi) is 8.17. The van der Waals surface area contributed by atoms with Crippen molar-refractivity contribution in [3.05, 3.63) is 93.0 Å². The lowest BCUT2D eigenvalue weighted by atomic mass is 10.1. The van der Waals surface area contributed by atoms with Gasteiger partial charge in [0, 0.05) is 11.0 Å². The van der Waals surface area contributed by atoms with Crippen molar-refractivity contribution >= 4 is 31.9 Å². The number of aliphatic carboxylic acids is 1. The van der Waals surface area contributed by atoms with Gasteiger partial charge in [-0.15, -0.1) is 0 Å². The van der Waals surface area contributed by atoms with Crippen LogP contribution in [0.5, 0.6) is 5.75 Å². The van der Waals surface area contributed by atoms with Crippen LogP contribution in [0.15, 0.2) is 70.0 Å². The molecule has 0 aliphatic carbocycles. The molecule has 6 nitrogen and oxygen atoms in total. The highest BCUT2D eigenvalue weighted by Crippen LogP contribution is 2.34. The van der Waals surface area contributed by atoms with Gasteiger partial charge in [-0.1, -0.05) is 64.5 Å². The molecule has 0 aromatic heterocycles. The van der Waals surface area contributed by atoms with Crippen LogP contribution < -0.4 is 4.74 Å². The summed E-state index contributed by atoms with van der Waals surface area (Å²) in [5, 5.41) is 10.2. The number of aryl methyl sites for hydroxylation is 1. The number of ether oxygens (including phenoxy) is 1. The zero-order chi connectivity index (χ0) is 25.0. The topological polar surface area (TPSA) is 83.9 Å². The lowest BCUT2D eigenvalue weighted by Gasteiger charge is -2.30. The summed E-state index contributed by atoms with van der Waals surface area (Å²) < 4.78 is 35.6. The quantitative estimate of drug-likeness (QED) is 0.396. The van der Waals surface area contributed by atoms with Crippen LogP contribution in [0.1, 0.15) is 27.8 Å². The van der Waals surface area contributed by atoms with Gasteiger partial charge in [0.15, 0.2) is 0 Å². The highest BCUT2D eigenvalue weighted by Gasteiger charge is 2.38. The summed E-state index contributed by atoms with van der Waals surface area (Å²) in [7, 11) is -2.68. The lowest BCUT2D eigenvalue weighted by Crippen LogP contribution is -2.46. The Morgan fingerprint density at radius 2 is 1.65 bits per heavy atom. The van der Waals surface area contributed by atoms with Gasteiger partial charge in [-0.3, -0.25) is 4.79 Å². The molecular weight excluding hydrogens is 518 g/mol. The van der Waals surface area contributed by atoms with Gasteiger partial charge in [-0.25, -0.2) is 8.42 Å². The molecule has 0 radical (unpaired) electrons. The fraction of sp³-hybridized carbons (Fsp3) is 0.269. The van der Waals surface area contributed by atoms with Gasteiger partial charge in [0.05, 0.1) is 12.0 Å². The molecule has 3 rings (SSSR count). The number of sulfonamides is 1. The number of halogens is 1. The van der Waals surface area contributed by atoms with Crippen LogP contribution >= 0.6 is 15.9 Å². The maximum absolute atomic E-state index is 14.2. The number of nitrogens with zero attached hydrogens (tertiary/aromatic N) is 1. The van der Waals surface area contributed by atoms with Crippen LogP contribution in [0.3, 0.4) is 0 Å². The fourth-order valence-corrected chi connectivity index (χ4v) is 6.51. The molecule has 8 heteroatoms. The largest absolute Gasteiger partial charge is 0.496 e. The van der Waals surface area contributed by atoms with Crippen molar-refractivity contribution in [1.82, 2.24) is 4.31 Å². The van der Waals surface area contributed by atoms with E-state index in [1.807, 2.05) is 24.3 Å². The SMILES string of the molecule is COc1cc(C)c(S(=O)(=O)N(Cc2ccccc2Br)C(Cc2ccccc2)C(=O)O)c(C)c1C. The van der Waals surface area contributed by atoms with E-state index in [-0.39, 0.29) is 17.9 Å². The van der Waals surface area contributed by atoms with Gasteiger partial charge in [0.2, 0.25) is 10.0 Å². The molecule has 180 valence electrons. The molecule has 34 heavy (non-hydrogen) atoms. The number of carboxylic acids is 1. The maximum Gasteiger partial charge on any atom is 0.322 e. The smallest absolute Gasteiger partial charge is 0.322 e. The Bertz CT molecular complexity index is 1290. The molecule has 0 spiro atoms. The van der Waals surface area contributed by atoms with Crippen molar-refractivity contribution < 1.29 is 23.1 Å². The molecule has 3 aromatic carbocycles. The van der Waals surface area contributed by atoms with Crippen LogP contribution in [0, 0.1) is 20.8 Å². The van der Waals surface area contributed by atoms with E-state index in [0.717, 1.165) is 9.87 Å². The van der Waals surface area contributed by atoms with Crippen LogP contribution in [-0.2, 0) is 27.8 Å². The first-order valence-corrected chi connectivity index (χ1v) is 13.0. The average molecular weight is 546 g/mol. The van der Waals surface area contributed by atoms with Crippen molar-refractivity contribution in [1.29, 1.82) is 0 Å². The van der Waals surface area contributed by atoms with E-state index >= 15 is 0 Å². The van der Waals surface area contributed by atoms with Gasteiger partial charge in [-0.05, 0) is 67.1 Å². The van der Waals surface area contributed by atoms with E-state index < -0.39 is 22.0 Å². The second-order valence-electron chi connectivity index (χ2n) is 8.16. The van der Waals surface area contributed by atoms with E-state index in [1.165, 1.54) is 7.11 Å². The molecule has 1 atom stereocenters. The van der Waals surface area contributed by atoms with Crippen molar-refractivity contribution in [3.8, 4) is 5.75 Å². The third-order valence-corrected chi connectivity index (χ3v) is 8.87. The molecule has 0 fully saturated rings. The molecule has 1 N–H and O–H groups in total. The Labute approximate surface area is 209 Å². The highest BCUT2D eigenvalue weighted by atomic mass is 79.9. The number of methoxy groups -OCH3 is 1. The summed E-state index contributed by atoms with van der Waals surface area (Å²) >= 11 is 3.47. The molecule has 0 heterocycles. The summed E-state index contributed by atoms with van der Waals surface area (Å²) in [6.45, 7) is 5.12. The summed E-state index contributed by atoms with van der Waals surface area (Å²) in [6, 6.07) is 16.6. The second-order valence-corrected chi connectivity index (χ2v) is 10.8. The monoisotopic (exact) mass is 545 g/mol. The number of hydrogen-bond acceptors (Lipinski definition) is 4. The average Bonchev–Trinajstić information content (AvgIpc) is 2.80. The zero-order valence-electron chi connectivity index (χ0n) is 19.6. The highest BCUT2D eigenvalue weighted by molar-refractivity contribution is 9.10. The molecule has 0 aliphatic heterocycles. The van der Waals surface area contributed by atoms with E-state index in [2.05, 4.69) is 15.9 Å². The number of rotatable bonds is 9. The van der Waals surface area contributed by atoms with Gasteiger partial charge in [-0.2, -0.15) is 4.31 Å². The third kappa shape index (κ3) is 5.35. The summed E-state index contributed by atoms with van der Waals surface area (Å²) in [5.41, 5.74) is 3.15. The minimum Gasteiger partial charge on any atom is -0.496 e. The number of hydrogen-bond donors (Lipinski definition) is 1. The van der Waals surface area contributed by atoms with E-state index in [4.69, 9.17) is 4.74 Å². The van der Waals surface area contributed by atoms with Crippen molar-refractivity contribution in [2.24, 2.45) is 0 Å². The van der Waals surface area contributed by atoms with Crippen LogP contribution in [0.4, 0.5) is 0 Å². The lowest BCUT2D eigenvalue weighted by molar-refractivity contribution is -0.141. The number of carboxylic acid groups (broad SMARTS) is 1. The molecule has 0 saturated carbocycles. The summed E-state index contributed by atoms with van der Waals surface area (Å²) in [4.78, 5) is 12.6. The first kappa shape index (κ1) is 25.9. The summed E-state index contributed by atoms with van der Waals surface area (Å²) in [6.07, 6.45) is 0.0348. The van der Waals surface area contributed by atoms with E-state index in [1.54, 1.807) is 57.2 Å². The Morgan fingerprint density at radius 3 is 2.24 bits per heavy atom. The van der Waals surface area contributed by atoms with Gasteiger partial charge in [0.1, 0.15) is 11.8 Å². The first-order chi connectivity index (χ1) is 16.1. The molecule has 0 bridgehead atoms. The van der Waals surface area contributed by atoms with Gasteiger partial charge < -0.3 is 9.84 Å². The third-order valence-electron chi connectivity index (χ3n) is 5.95. The van der Waals surface area contributed by atoms with E-state index in [0.29, 0.717) is 32.5 Å². The number of benzene rings is 3. The first-order valence-electron chi connectivity index (χ1n) is 10.7. The van der Waals surface area contributed by atoms with Gasteiger partial charge >= 0.3 is 5.97 Å². The molecule has 1 unspecified atom stereocenters. The van der Waals surface area contributed by atoms with Crippen molar-refractivity contribution in [2.75, 3.05) is 7.11 Å². The molecular formula is C26H28BrNO5S. The molecule has 3 aromatic rings. The Hall–Kier alpha value is -2.68. The molecule has 0 amide bonds.